The van der Waals surface area contributed by atoms with Gasteiger partial charge in [-0.25, -0.2) is 0 Å². The van der Waals surface area contributed by atoms with E-state index in [9.17, 15) is 14.4 Å². The van der Waals surface area contributed by atoms with Crippen molar-refractivity contribution in [3.8, 4) is 0 Å². The lowest BCUT2D eigenvalue weighted by Crippen LogP contribution is -2.30. The van der Waals surface area contributed by atoms with Gasteiger partial charge in [0.1, 0.15) is 13.2 Å². The second-order valence-electron chi connectivity index (χ2n) is 17.4. The smallest absolute Gasteiger partial charge is 0.306 e. The molecule has 6 heteroatoms. The topological polar surface area (TPSA) is 78.9 Å². The van der Waals surface area contributed by atoms with E-state index in [0.717, 1.165) is 77.0 Å². The highest BCUT2D eigenvalue weighted by Crippen LogP contribution is 2.15. The molecule has 0 fully saturated rings. The zero-order valence-electron chi connectivity index (χ0n) is 40.9. The largest absolute Gasteiger partial charge is 0.462 e. The van der Waals surface area contributed by atoms with Crippen molar-refractivity contribution < 1.29 is 28.6 Å². The van der Waals surface area contributed by atoms with Crippen LogP contribution in [-0.4, -0.2) is 37.2 Å². The first-order valence-electron chi connectivity index (χ1n) is 26.3. The molecule has 0 aromatic carbocycles. The van der Waals surface area contributed by atoms with Gasteiger partial charge in [0.15, 0.2) is 6.10 Å². The summed E-state index contributed by atoms with van der Waals surface area (Å²) in [6.45, 7) is 6.47. The van der Waals surface area contributed by atoms with Crippen LogP contribution < -0.4 is 0 Å². The molecule has 0 radical (unpaired) electrons. The van der Waals surface area contributed by atoms with Gasteiger partial charge < -0.3 is 14.2 Å². The van der Waals surface area contributed by atoms with Gasteiger partial charge in [0.25, 0.3) is 0 Å². The fourth-order valence-corrected chi connectivity index (χ4v) is 7.33. The highest BCUT2D eigenvalue weighted by Gasteiger charge is 2.19. The maximum atomic E-state index is 12.8. The van der Waals surface area contributed by atoms with Gasteiger partial charge in [-0.1, -0.05) is 223 Å². The number of carbonyl (C=O) groups is 3. The second-order valence-corrected chi connectivity index (χ2v) is 17.4. The first-order chi connectivity index (χ1) is 30.5. The number of carbonyl (C=O) groups excluding carboxylic acids is 3. The van der Waals surface area contributed by atoms with E-state index in [1.165, 1.54) is 141 Å². The van der Waals surface area contributed by atoms with Crippen LogP contribution in [0.2, 0.25) is 0 Å². The average Bonchev–Trinajstić information content (AvgIpc) is 3.27. The van der Waals surface area contributed by atoms with Crippen LogP contribution in [0.4, 0.5) is 0 Å². The summed E-state index contributed by atoms with van der Waals surface area (Å²) in [5.74, 6) is -0.924. The summed E-state index contributed by atoms with van der Waals surface area (Å²) in [6, 6.07) is 0. The maximum absolute atomic E-state index is 12.8. The number of rotatable bonds is 47. The zero-order chi connectivity index (χ0) is 45.1. The van der Waals surface area contributed by atoms with E-state index in [1.54, 1.807) is 0 Å². The molecule has 0 rings (SSSR count). The summed E-state index contributed by atoms with van der Waals surface area (Å²) in [5, 5.41) is 0. The van der Waals surface area contributed by atoms with Gasteiger partial charge >= 0.3 is 17.9 Å². The molecule has 0 aliphatic heterocycles. The number of hydrogen-bond acceptors (Lipinski definition) is 6. The third-order valence-corrected chi connectivity index (χ3v) is 11.3. The Kier molecular flexibility index (Phi) is 48.4. The van der Waals surface area contributed by atoms with Crippen LogP contribution in [0, 0.1) is 0 Å². The zero-order valence-corrected chi connectivity index (χ0v) is 40.9. The average molecular weight is 867 g/mol. The highest BCUT2D eigenvalue weighted by molar-refractivity contribution is 5.71. The van der Waals surface area contributed by atoms with Crippen molar-refractivity contribution in [3.05, 3.63) is 60.8 Å². The van der Waals surface area contributed by atoms with Gasteiger partial charge in [-0.2, -0.15) is 0 Å². The molecule has 358 valence electrons. The van der Waals surface area contributed by atoms with E-state index in [1.807, 2.05) is 0 Å². The molecular weight excluding hydrogens is 769 g/mol. The van der Waals surface area contributed by atoms with Gasteiger partial charge in [0, 0.05) is 19.3 Å². The molecule has 0 spiro atoms. The summed E-state index contributed by atoms with van der Waals surface area (Å²) in [5.41, 5.74) is 0. The molecule has 0 aromatic heterocycles. The van der Waals surface area contributed by atoms with Crippen LogP contribution in [0.3, 0.4) is 0 Å². The predicted octanol–water partition coefficient (Wildman–Crippen LogP) is 17.3. The Hall–Kier alpha value is -2.89. The lowest BCUT2D eigenvalue weighted by molar-refractivity contribution is -0.167. The number of esters is 3. The van der Waals surface area contributed by atoms with Crippen molar-refractivity contribution in [2.24, 2.45) is 0 Å². The minimum Gasteiger partial charge on any atom is -0.462 e. The van der Waals surface area contributed by atoms with E-state index in [2.05, 4.69) is 81.5 Å². The monoisotopic (exact) mass is 867 g/mol. The van der Waals surface area contributed by atoms with Crippen molar-refractivity contribution in [2.75, 3.05) is 13.2 Å². The summed E-state index contributed by atoms with van der Waals surface area (Å²) in [4.78, 5) is 37.9. The van der Waals surface area contributed by atoms with E-state index >= 15 is 0 Å². The first-order valence-corrected chi connectivity index (χ1v) is 26.3. The molecule has 0 N–H and O–H groups in total. The first kappa shape index (κ1) is 59.1. The van der Waals surface area contributed by atoms with Gasteiger partial charge in [0.05, 0.1) is 0 Å². The standard InChI is InChI=1S/C56H98O6/c1-4-7-10-13-16-19-22-25-26-27-28-29-30-32-34-37-40-43-46-49-55(58)61-52-53(51-60-54(57)48-45-42-39-36-33-24-21-18-15-12-9-6-3)62-56(59)50-47-44-41-38-35-31-23-20-17-14-11-8-5-2/h9,12,16,18-19,21-22,25,33,36,53H,4-8,10-11,13-15,17,20,23-24,26-32,34-35,37-52H2,1-3H3/b12-9-,19-16-,21-18-,25-22-,36-33-. The molecule has 1 unspecified atom stereocenters. The third-order valence-electron chi connectivity index (χ3n) is 11.3. The Morgan fingerprint density at radius 3 is 1.15 bits per heavy atom. The summed E-state index contributed by atoms with van der Waals surface area (Å²) in [6.07, 6.45) is 62.1. The molecule has 0 bridgehead atoms. The van der Waals surface area contributed by atoms with Crippen molar-refractivity contribution in [3.63, 3.8) is 0 Å². The minimum atomic E-state index is -0.787. The highest BCUT2D eigenvalue weighted by atomic mass is 16.6. The van der Waals surface area contributed by atoms with Crippen LogP contribution in [0.1, 0.15) is 258 Å². The molecule has 0 aliphatic rings. The Morgan fingerprint density at radius 2 is 0.677 bits per heavy atom. The van der Waals surface area contributed by atoms with Crippen LogP contribution in [0.25, 0.3) is 0 Å². The summed E-state index contributed by atoms with van der Waals surface area (Å²) < 4.78 is 16.8. The van der Waals surface area contributed by atoms with Gasteiger partial charge in [0.2, 0.25) is 0 Å². The Morgan fingerprint density at radius 1 is 0.355 bits per heavy atom. The van der Waals surface area contributed by atoms with E-state index in [0.29, 0.717) is 19.3 Å². The van der Waals surface area contributed by atoms with Gasteiger partial charge in [-0.15, -0.1) is 0 Å². The normalized spacial score (nSPS) is 12.5. The summed E-state index contributed by atoms with van der Waals surface area (Å²) >= 11 is 0. The molecule has 0 amide bonds. The molecule has 0 heterocycles. The van der Waals surface area contributed by atoms with E-state index in [-0.39, 0.29) is 31.1 Å². The van der Waals surface area contributed by atoms with Crippen LogP contribution in [-0.2, 0) is 28.6 Å². The van der Waals surface area contributed by atoms with Crippen LogP contribution >= 0.6 is 0 Å². The van der Waals surface area contributed by atoms with E-state index in [4.69, 9.17) is 14.2 Å². The van der Waals surface area contributed by atoms with Crippen molar-refractivity contribution >= 4 is 17.9 Å². The maximum Gasteiger partial charge on any atom is 0.306 e. The number of ether oxygens (including phenoxy) is 3. The quantitative estimate of drug-likeness (QED) is 0.0199. The van der Waals surface area contributed by atoms with Crippen molar-refractivity contribution in [2.45, 2.75) is 264 Å². The van der Waals surface area contributed by atoms with Gasteiger partial charge in [-0.05, 0) is 77.0 Å². The second kappa shape index (κ2) is 50.8. The predicted molar refractivity (Wildman–Crippen MR) is 265 cm³/mol. The fraction of sp³-hybridized carbons (Fsp3) is 0.768. The SMILES string of the molecule is CC/C=C\C/C=C\C/C=C\CCCCC(=O)OCC(COC(=O)CCCCCCCCCCCC/C=C\C=C/CCCCC)OC(=O)CCCCCCCCCCCCCCC. The molecule has 0 saturated carbocycles. The number of unbranched alkanes of at least 4 members (excludes halogenated alkanes) is 27. The van der Waals surface area contributed by atoms with Crippen molar-refractivity contribution in [1.82, 2.24) is 0 Å². The van der Waals surface area contributed by atoms with E-state index < -0.39 is 6.10 Å². The Bertz CT molecular complexity index is 1130. The third kappa shape index (κ3) is 48.1. The van der Waals surface area contributed by atoms with Gasteiger partial charge in [-0.3, -0.25) is 14.4 Å². The van der Waals surface area contributed by atoms with Crippen LogP contribution in [0.5, 0.6) is 0 Å². The molecule has 62 heavy (non-hydrogen) atoms. The minimum absolute atomic E-state index is 0.0863. The number of allylic oxidation sites excluding steroid dienone is 10. The molecule has 6 nitrogen and oxygen atoms in total. The summed E-state index contributed by atoms with van der Waals surface area (Å²) in [7, 11) is 0. The molecular formula is C56H98O6. The molecule has 0 aliphatic carbocycles. The Balaban J connectivity index is 4.36. The number of hydrogen-bond donors (Lipinski definition) is 0. The lowest BCUT2D eigenvalue weighted by Gasteiger charge is -2.18. The fourth-order valence-electron chi connectivity index (χ4n) is 7.33. The Labute approximate surface area is 383 Å². The molecule has 0 aromatic rings. The molecule has 0 saturated heterocycles. The molecule has 1 atom stereocenters. The van der Waals surface area contributed by atoms with Crippen LogP contribution in [0.15, 0.2) is 60.8 Å². The lowest BCUT2D eigenvalue weighted by atomic mass is 10.0. The van der Waals surface area contributed by atoms with Crippen molar-refractivity contribution in [1.29, 1.82) is 0 Å².